The second kappa shape index (κ2) is 8.35. The second-order valence-corrected chi connectivity index (χ2v) is 7.18. The SMILES string of the molecule is CC(NC(=O)CCC(=O)c1ccc2c(c1)OCCO2)c1ccc2ccccc2c1. The summed E-state index contributed by atoms with van der Waals surface area (Å²) >= 11 is 0. The van der Waals surface area contributed by atoms with Gasteiger partial charge in [-0.15, -0.1) is 0 Å². The number of benzene rings is 3. The monoisotopic (exact) mass is 389 g/mol. The fourth-order valence-corrected chi connectivity index (χ4v) is 3.46. The molecular formula is C24H23NO4. The molecule has 0 spiro atoms. The van der Waals surface area contributed by atoms with Crippen LogP contribution in [-0.4, -0.2) is 24.9 Å². The van der Waals surface area contributed by atoms with Crippen molar-refractivity contribution in [3.05, 3.63) is 71.8 Å². The third-order valence-electron chi connectivity index (χ3n) is 5.09. The third kappa shape index (κ3) is 4.40. The summed E-state index contributed by atoms with van der Waals surface area (Å²) in [5.41, 5.74) is 1.57. The Labute approximate surface area is 169 Å². The molecule has 5 nitrogen and oxygen atoms in total. The lowest BCUT2D eigenvalue weighted by Crippen LogP contribution is -2.27. The molecule has 148 valence electrons. The Bertz CT molecular complexity index is 1060. The Hall–Kier alpha value is -3.34. The molecule has 0 saturated carbocycles. The van der Waals surface area contributed by atoms with Gasteiger partial charge in [-0.05, 0) is 47.5 Å². The molecule has 1 atom stereocenters. The van der Waals surface area contributed by atoms with Gasteiger partial charge in [0, 0.05) is 18.4 Å². The van der Waals surface area contributed by atoms with Crippen molar-refractivity contribution in [1.29, 1.82) is 0 Å². The number of Topliss-reactive ketones (excluding diaryl/α,β-unsaturated/α-hetero) is 1. The molecule has 29 heavy (non-hydrogen) atoms. The second-order valence-electron chi connectivity index (χ2n) is 7.18. The first-order valence-corrected chi connectivity index (χ1v) is 9.81. The van der Waals surface area contributed by atoms with Crippen LogP contribution in [0, 0.1) is 0 Å². The van der Waals surface area contributed by atoms with E-state index in [0.717, 1.165) is 10.9 Å². The zero-order chi connectivity index (χ0) is 20.2. The Balaban J connectivity index is 1.33. The van der Waals surface area contributed by atoms with Crippen molar-refractivity contribution in [2.75, 3.05) is 13.2 Å². The lowest BCUT2D eigenvalue weighted by molar-refractivity contribution is -0.121. The van der Waals surface area contributed by atoms with Gasteiger partial charge in [-0.1, -0.05) is 36.4 Å². The zero-order valence-corrected chi connectivity index (χ0v) is 16.3. The molecule has 1 aliphatic rings. The number of rotatable bonds is 6. The predicted molar refractivity (Wildman–Crippen MR) is 112 cm³/mol. The Morgan fingerprint density at radius 3 is 2.48 bits per heavy atom. The Kier molecular flexibility index (Phi) is 5.47. The molecule has 0 bridgehead atoms. The van der Waals surface area contributed by atoms with Gasteiger partial charge in [-0.3, -0.25) is 9.59 Å². The third-order valence-corrected chi connectivity index (χ3v) is 5.09. The highest BCUT2D eigenvalue weighted by Gasteiger charge is 2.16. The van der Waals surface area contributed by atoms with E-state index in [2.05, 4.69) is 29.6 Å². The van der Waals surface area contributed by atoms with Gasteiger partial charge < -0.3 is 14.8 Å². The van der Waals surface area contributed by atoms with Crippen LogP contribution in [0.4, 0.5) is 0 Å². The van der Waals surface area contributed by atoms with Gasteiger partial charge in [0.05, 0.1) is 6.04 Å². The predicted octanol–water partition coefficient (Wildman–Crippen LogP) is 4.45. The molecule has 1 heterocycles. The summed E-state index contributed by atoms with van der Waals surface area (Å²) in [6.45, 7) is 2.93. The average molecular weight is 389 g/mol. The van der Waals surface area contributed by atoms with Gasteiger partial charge in [0.2, 0.25) is 5.91 Å². The average Bonchev–Trinajstić information content (AvgIpc) is 2.76. The molecule has 3 aromatic carbocycles. The van der Waals surface area contributed by atoms with Crippen LogP contribution in [0.2, 0.25) is 0 Å². The van der Waals surface area contributed by atoms with Crippen LogP contribution in [0.3, 0.4) is 0 Å². The maximum absolute atomic E-state index is 12.5. The number of fused-ring (bicyclic) bond motifs is 2. The Morgan fingerprint density at radius 1 is 0.897 bits per heavy atom. The van der Waals surface area contributed by atoms with Gasteiger partial charge in [0.25, 0.3) is 0 Å². The molecule has 1 N–H and O–H groups in total. The highest BCUT2D eigenvalue weighted by Crippen LogP contribution is 2.31. The zero-order valence-electron chi connectivity index (χ0n) is 16.3. The first-order valence-electron chi connectivity index (χ1n) is 9.81. The molecule has 0 fully saturated rings. The number of ether oxygens (including phenoxy) is 2. The van der Waals surface area contributed by atoms with Crippen molar-refractivity contribution < 1.29 is 19.1 Å². The van der Waals surface area contributed by atoms with Crippen molar-refractivity contribution >= 4 is 22.5 Å². The quantitative estimate of drug-likeness (QED) is 0.633. The van der Waals surface area contributed by atoms with Gasteiger partial charge in [0.1, 0.15) is 13.2 Å². The maximum atomic E-state index is 12.5. The molecule has 0 radical (unpaired) electrons. The van der Waals surface area contributed by atoms with Gasteiger partial charge in [0.15, 0.2) is 17.3 Å². The van der Waals surface area contributed by atoms with E-state index in [0.29, 0.717) is 30.3 Å². The van der Waals surface area contributed by atoms with E-state index in [4.69, 9.17) is 9.47 Å². The molecule has 5 heteroatoms. The van der Waals surface area contributed by atoms with E-state index >= 15 is 0 Å². The van der Waals surface area contributed by atoms with E-state index < -0.39 is 0 Å². The minimum atomic E-state index is -0.142. The summed E-state index contributed by atoms with van der Waals surface area (Å²) in [6.07, 6.45) is 0.293. The number of ketones is 1. The minimum absolute atomic E-state index is 0.0875. The van der Waals surface area contributed by atoms with Gasteiger partial charge in [-0.25, -0.2) is 0 Å². The fraction of sp³-hybridized carbons (Fsp3) is 0.250. The molecule has 3 aromatic rings. The summed E-state index contributed by atoms with van der Waals surface area (Å²) in [7, 11) is 0. The summed E-state index contributed by atoms with van der Waals surface area (Å²) in [4.78, 5) is 24.8. The summed E-state index contributed by atoms with van der Waals surface area (Å²) in [5.74, 6) is 0.998. The summed E-state index contributed by atoms with van der Waals surface area (Å²) < 4.78 is 11.0. The summed E-state index contributed by atoms with van der Waals surface area (Å²) in [6, 6.07) is 19.3. The lowest BCUT2D eigenvalue weighted by atomic mass is 10.0. The molecule has 0 aromatic heterocycles. The van der Waals surface area contributed by atoms with E-state index in [1.54, 1.807) is 18.2 Å². The molecule has 1 unspecified atom stereocenters. The maximum Gasteiger partial charge on any atom is 0.220 e. The fourth-order valence-electron chi connectivity index (χ4n) is 3.46. The normalized spacial score (nSPS) is 13.7. The molecule has 0 aliphatic carbocycles. The van der Waals surface area contributed by atoms with Crippen LogP contribution in [-0.2, 0) is 4.79 Å². The van der Waals surface area contributed by atoms with E-state index in [9.17, 15) is 9.59 Å². The van der Waals surface area contributed by atoms with Crippen molar-refractivity contribution in [1.82, 2.24) is 5.32 Å². The van der Waals surface area contributed by atoms with Crippen LogP contribution in [0.25, 0.3) is 10.8 Å². The first kappa shape index (κ1) is 19.0. The molecule has 0 saturated heterocycles. The number of amides is 1. The van der Waals surface area contributed by atoms with Crippen LogP contribution in [0.15, 0.2) is 60.7 Å². The number of hydrogen-bond acceptors (Lipinski definition) is 4. The highest BCUT2D eigenvalue weighted by atomic mass is 16.6. The van der Waals surface area contributed by atoms with Crippen molar-refractivity contribution in [2.24, 2.45) is 0 Å². The van der Waals surface area contributed by atoms with Crippen LogP contribution in [0.5, 0.6) is 11.5 Å². The number of hydrogen-bond donors (Lipinski definition) is 1. The van der Waals surface area contributed by atoms with Crippen LogP contribution in [0.1, 0.15) is 41.7 Å². The number of nitrogens with one attached hydrogen (secondary N) is 1. The number of carbonyl (C=O) groups is 2. The van der Waals surface area contributed by atoms with Crippen molar-refractivity contribution in [3.63, 3.8) is 0 Å². The topological polar surface area (TPSA) is 64.6 Å². The van der Waals surface area contributed by atoms with Crippen molar-refractivity contribution in [3.8, 4) is 11.5 Å². The largest absolute Gasteiger partial charge is 0.486 e. The summed E-state index contributed by atoms with van der Waals surface area (Å²) in [5, 5.41) is 5.29. The van der Waals surface area contributed by atoms with Gasteiger partial charge >= 0.3 is 0 Å². The van der Waals surface area contributed by atoms with E-state index in [1.807, 2.05) is 25.1 Å². The highest BCUT2D eigenvalue weighted by molar-refractivity contribution is 5.98. The lowest BCUT2D eigenvalue weighted by Gasteiger charge is -2.18. The van der Waals surface area contributed by atoms with E-state index in [-0.39, 0.29) is 30.6 Å². The minimum Gasteiger partial charge on any atom is -0.486 e. The number of carbonyl (C=O) groups excluding carboxylic acids is 2. The van der Waals surface area contributed by atoms with Gasteiger partial charge in [-0.2, -0.15) is 0 Å². The Morgan fingerprint density at radius 2 is 1.66 bits per heavy atom. The molecule has 1 amide bonds. The van der Waals surface area contributed by atoms with E-state index in [1.165, 1.54) is 5.39 Å². The first-order chi connectivity index (χ1) is 14.1. The standard InChI is InChI=1S/C24H23NO4/c1-16(18-7-6-17-4-2-3-5-19(17)14-18)25-24(27)11-9-21(26)20-8-10-22-23(15-20)29-13-12-28-22/h2-8,10,14-16H,9,11-13H2,1H3,(H,25,27). The molecule has 4 rings (SSSR count). The van der Waals surface area contributed by atoms with Crippen LogP contribution >= 0.6 is 0 Å². The van der Waals surface area contributed by atoms with Crippen molar-refractivity contribution in [2.45, 2.75) is 25.8 Å². The molecular weight excluding hydrogens is 366 g/mol. The van der Waals surface area contributed by atoms with Crippen LogP contribution < -0.4 is 14.8 Å². The smallest absolute Gasteiger partial charge is 0.220 e. The molecule has 1 aliphatic heterocycles.